The van der Waals surface area contributed by atoms with E-state index in [0.717, 1.165) is 30.6 Å². The number of rotatable bonds is 10. The van der Waals surface area contributed by atoms with Gasteiger partial charge in [-0.3, -0.25) is 9.78 Å². The van der Waals surface area contributed by atoms with Crippen LogP contribution in [0, 0.1) is 0 Å². The van der Waals surface area contributed by atoms with Gasteiger partial charge in [0.1, 0.15) is 5.69 Å². The van der Waals surface area contributed by atoms with Gasteiger partial charge in [0.15, 0.2) is 11.5 Å². The molecule has 2 aromatic rings. The summed E-state index contributed by atoms with van der Waals surface area (Å²) in [6.07, 6.45) is 4.92. The molecule has 0 amide bonds. The molecule has 1 heterocycles. The Kier molecular flexibility index (Phi) is 8.18. The van der Waals surface area contributed by atoms with Gasteiger partial charge in [-0.1, -0.05) is 40.5 Å². The van der Waals surface area contributed by atoms with Crippen LogP contribution >= 0.6 is 0 Å². The lowest BCUT2D eigenvalue weighted by Crippen LogP contribution is -2.28. The molecular weight excluding hydrogens is 370 g/mol. The number of hydrazone groups is 1. The number of aromatic nitrogens is 3. The van der Waals surface area contributed by atoms with Gasteiger partial charge in [-0.15, -0.1) is 10.2 Å². The molecule has 1 aromatic carbocycles. The predicted octanol–water partition coefficient (Wildman–Crippen LogP) is 3.88. The fourth-order valence-electron chi connectivity index (χ4n) is 2.57. The summed E-state index contributed by atoms with van der Waals surface area (Å²) in [7, 11) is 0. The minimum absolute atomic E-state index is 0.181. The van der Waals surface area contributed by atoms with E-state index >= 15 is 0 Å². The van der Waals surface area contributed by atoms with Gasteiger partial charge in [-0.25, -0.2) is 5.43 Å². The molecule has 1 aromatic heterocycles. The molecule has 0 saturated carbocycles. The van der Waals surface area contributed by atoms with Crippen molar-refractivity contribution in [2.75, 3.05) is 18.6 Å². The smallest absolute Gasteiger partial charge is 0.274 e. The number of anilines is 1. The average molecular weight is 402 g/mol. The number of benzene rings is 1. The Morgan fingerprint density at radius 3 is 2.59 bits per heavy atom. The van der Waals surface area contributed by atoms with Crippen LogP contribution in [-0.2, 0) is 5.41 Å². The maximum absolute atomic E-state index is 12.1. The molecule has 0 radical (unpaired) electrons. The molecule has 0 atom stereocenters. The Bertz CT molecular complexity index is 871. The monoisotopic (exact) mass is 401 g/mol. The van der Waals surface area contributed by atoms with E-state index in [1.807, 2.05) is 45.9 Å². The highest BCUT2D eigenvalue weighted by Crippen LogP contribution is 2.28. The molecule has 0 spiro atoms. The SMILES string of the molecule is CCCCCOc1ccc(/C=N/Nc2nnc(C(C)(C)C)c(=O)[nH]2)cc1OCC. The lowest BCUT2D eigenvalue weighted by Gasteiger charge is -2.15. The number of hydrogen-bond acceptors (Lipinski definition) is 7. The van der Waals surface area contributed by atoms with Crippen LogP contribution in [-0.4, -0.2) is 34.6 Å². The summed E-state index contributed by atoms with van der Waals surface area (Å²) in [6.45, 7) is 11.0. The van der Waals surface area contributed by atoms with Crippen LogP contribution in [0.15, 0.2) is 28.1 Å². The molecule has 0 unspecified atom stereocenters. The molecule has 0 saturated heterocycles. The largest absolute Gasteiger partial charge is 0.490 e. The van der Waals surface area contributed by atoms with Gasteiger partial charge in [-0.05, 0) is 37.1 Å². The Labute approximate surface area is 171 Å². The van der Waals surface area contributed by atoms with Crippen LogP contribution in [0.5, 0.6) is 11.5 Å². The third kappa shape index (κ3) is 6.89. The summed E-state index contributed by atoms with van der Waals surface area (Å²) in [5.41, 5.74) is 3.24. The van der Waals surface area contributed by atoms with Crippen LogP contribution in [0.2, 0.25) is 0 Å². The number of nitrogens with one attached hydrogen (secondary N) is 2. The van der Waals surface area contributed by atoms with Gasteiger partial charge in [0.2, 0.25) is 5.95 Å². The lowest BCUT2D eigenvalue weighted by molar-refractivity contribution is 0.271. The van der Waals surface area contributed by atoms with Gasteiger partial charge in [0.05, 0.1) is 19.4 Å². The summed E-state index contributed by atoms with van der Waals surface area (Å²) >= 11 is 0. The summed E-state index contributed by atoms with van der Waals surface area (Å²) in [5, 5.41) is 12.1. The van der Waals surface area contributed by atoms with Gasteiger partial charge < -0.3 is 9.47 Å². The molecule has 8 heteroatoms. The Morgan fingerprint density at radius 1 is 1.14 bits per heavy atom. The van der Waals surface area contributed by atoms with E-state index in [0.29, 0.717) is 24.7 Å². The Morgan fingerprint density at radius 2 is 1.93 bits per heavy atom. The molecule has 0 aliphatic carbocycles. The first kappa shape index (κ1) is 22.4. The number of hydrogen-bond donors (Lipinski definition) is 2. The first-order valence-electron chi connectivity index (χ1n) is 10.0. The molecule has 0 aliphatic heterocycles. The first-order valence-corrected chi connectivity index (χ1v) is 10.0. The van der Waals surface area contributed by atoms with Crippen LogP contribution in [0.1, 0.15) is 65.1 Å². The number of aromatic amines is 1. The summed E-state index contributed by atoms with van der Waals surface area (Å²) < 4.78 is 11.5. The van der Waals surface area contributed by atoms with Gasteiger partial charge in [0.25, 0.3) is 5.56 Å². The molecule has 0 aliphatic rings. The van der Waals surface area contributed by atoms with Gasteiger partial charge in [0, 0.05) is 5.41 Å². The minimum atomic E-state index is -0.377. The van der Waals surface area contributed by atoms with Crippen molar-refractivity contribution in [3.63, 3.8) is 0 Å². The molecule has 29 heavy (non-hydrogen) atoms. The maximum atomic E-state index is 12.1. The second-order valence-corrected chi connectivity index (χ2v) is 7.67. The number of unbranched alkanes of at least 4 members (excludes halogenated alkanes) is 2. The molecule has 0 bridgehead atoms. The molecule has 158 valence electrons. The molecular formula is C21H31N5O3. The van der Waals surface area contributed by atoms with Crippen molar-refractivity contribution >= 4 is 12.2 Å². The van der Waals surface area contributed by atoms with E-state index < -0.39 is 0 Å². The zero-order valence-corrected chi connectivity index (χ0v) is 17.9. The van der Waals surface area contributed by atoms with Crippen LogP contribution in [0.3, 0.4) is 0 Å². The third-order valence-corrected chi connectivity index (χ3v) is 4.06. The Balaban J connectivity index is 2.05. The summed E-state index contributed by atoms with van der Waals surface area (Å²) in [5.74, 6) is 1.58. The van der Waals surface area contributed by atoms with E-state index in [-0.39, 0.29) is 16.9 Å². The molecule has 8 nitrogen and oxygen atoms in total. The highest BCUT2D eigenvalue weighted by atomic mass is 16.5. The third-order valence-electron chi connectivity index (χ3n) is 4.06. The van der Waals surface area contributed by atoms with Gasteiger partial charge >= 0.3 is 0 Å². The summed E-state index contributed by atoms with van der Waals surface area (Å²) in [4.78, 5) is 14.8. The molecule has 0 fully saturated rings. The Hall–Kier alpha value is -2.90. The van der Waals surface area contributed by atoms with Crippen LogP contribution in [0.4, 0.5) is 5.95 Å². The van der Waals surface area contributed by atoms with Crippen molar-refractivity contribution < 1.29 is 9.47 Å². The number of ether oxygens (including phenoxy) is 2. The maximum Gasteiger partial charge on any atom is 0.274 e. The molecule has 2 rings (SSSR count). The quantitative estimate of drug-likeness (QED) is 0.356. The highest BCUT2D eigenvalue weighted by molar-refractivity contribution is 5.81. The number of nitrogens with zero attached hydrogens (tertiary/aromatic N) is 3. The van der Waals surface area contributed by atoms with Crippen molar-refractivity contribution in [1.29, 1.82) is 0 Å². The van der Waals surface area contributed by atoms with Crippen LogP contribution < -0.4 is 20.5 Å². The van der Waals surface area contributed by atoms with Crippen molar-refractivity contribution in [3.05, 3.63) is 39.8 Å². The minimum Gasteiger partial charge on any atom is -0.490 e. The average Bonchev–Trinajstić information content (AvgIpc) is 2.66. The predicted molar refractivity (Wildman–Crippen MR) is 115 cm³/mol. The van der Waals surface area contributed by atoms with Crippen LogP contribution in [0.25, 0.3) is 0 Å². The second-order valence-electron chi connectivity index (χ2n) is 7.67. The first-order chi connectivity index (χ1) is 13.8. The molecule has 2 N–H and O–H groups in total. The zero-order chi connectivity index (χ0) is 21.3. The van der Waals surface area contributed by atoms with E-state index in [2.05, 4.69) is 32.6 Å². The number of H-pyrrole nitrogens is 1. The summed E-state index contributed by atoms with van der Waals surface area (Å²) in [6, 6.07) is 5.62. The standard InChI is InChI=1S/C21H31N5O3/c1-6-8-9-12-29-16-11-10-15(13-17(16)28-7-2)14-22-25-20-23-19(27)18(24-26-20)21(3,4)5/h10-11,13-14H,6-9,12H2,1-5H3,(H2,23,25,26,27)/b22-14+. The van der Waals surface area contributed by atoms with Crippen molar-refractivity contribution in [2.45, 2.75) is 59.3 Å². The van der Waals surface area contributed by atoms with Gasteiger partial charge in [-0.2, -0.15) is 5.10 Å². The van der Waals surface area contributed by atoms with E-state index in [1.54, 1.807) is 6.21 Å². The van der Waals surface area contributed by atoms with Crippen molar-refractivity contribution in [2.24, 2.45) is 5.10 Å². The fraction of sp³-hybridized carbons (Fsp3) is 0.524. The van der Waals surface area contributed by atoms with Crippen molar-refractivity contribution in [1.82, 2.24) is 15.2 Å². The van der Waals surface area contributed by atoms with E-state index in [1.165, 1.54) is 0 Å². The topological polar surface area (TPSA) is 101 Å². The fourth-order valence-corrected chi connectivity index (χ4v) is 2.57. The highest BCUT2D eigenvalue weighted by Gasteiger charge is 2.20. The van der Waals surface area contributed by atoms with Crippen molar-refractivity contribution in [3.8, 4) is 11.5 Å². The second kappa shape index (κ2) is 10.6. The van der Waals surface area contributed by atoms with E-state index in [9.17, 15) is 4.79 Å². The lowest BCUT2D eigenvalue weighted by atomic mass is 9.93. The normalized spacial score (nSPS) is 11.6. The zero-order valence-electron chi connectivity index (χ0n) is 17.9. The van der Waals surface area contributed by atoms with E-state index in [4.69, 9.17) is 9.47 Å².